The molecule has 0 aromatic heterocycles. The van der Waals surface area contributed by atoms with E-state index in [0.717, 1.165) is 0 Å². The van der Waals surface area contributed by atoms with E-state index in [1.54, 1.807) is 12.1 Å². The van der Waals surface area contributed by atoms with Gasteiger partial charge in [0.15, 0.2) is 0 Å². The van der Waals surface area contributed by atoms with Gasteiger partial charge < -0.3 is 15.7 Å². The molecule has 0 saturated carbocycles. The Balaban J connectivity index is 3.19. The van der Waals surface area contributed by atoms with Gasteiger partial charge in [0.25, 0.3) is 0 Å². The van der Waals surface area contributed by atoms with Crippen LogP contribution in [0.25, 0.3) is 0 Å². The van der Waals surface area contributed by atoms with Crippen molar-refractivity contribution in [3.63, 3.8) is 0 Å². The maximum absolute atomic E-state index is 11.1. The van der Waals surface area contributed by atoms with Crippen molar-refractivity contribution in [2.24, 2.45) is 0 Å². The number of nitrogens with zero attached hydrogens (tertiary/aromatic N) is 2. The molecule has 0 amide bonds. The van der Waals surface area contributed by atoms with Gasteiger partial charge in [-0.05, 0) is 32.4 Å². The van der Waals surface area contributed by atoms with Crippen LogP contribution in [0.3, 0.4) is 0 Å². The topological polar surface area (TPSA) is 92.6 Å². The van der Waals surface area contributed by atoms with Crippen LogP contribution in [-0.2, 0) is 0 Å². The molecule has 0 aliphatic carbocycles. The first-order valence-corrected chi connectivity index (χ1v) is 5.89. The van der Waals surface area contributed by atoms with Crippen molar-refractivity contribution in [3.8, 4) is 0 Å². The molecule has 0 unspecified atom stereocenters. The molecule has 0 aliphatic rings. The van der Waals surface area contributed by atoms with Crippen LogP contribution < -0.4 is 10.6 Å². The number of aliphatic hydroxyl groups is 1. The maximum Gasteiger partial charge on any atom is 0.315 e. The number of nitrogens with two attached hydrogens (primary N) is 1. The van der Waals surface area contributed by atoms with Gasteiger partial charge in [-0.3, -0.25) is 10.1 Å². The third-order valence-electron chi connectivity index (χ3n) is 2.72. The van der Waals surface area contributed by atoms with E-state index in [0.29, 0.717) is 18.7 Å². The highest BCUT2D eigenvalue weighted by atomic mass is 16.6. The molecule has 0 radical (unpaired) electrons. The maximum atomic E-state index is 11.1. The van der Waals surface area contributed by atoms with E-state index >= 15 is 0 Å². The molecule has 0 heterocycles. The predicted octanol–water partition coefficient (Wildman–Crippen LogP) is 1.77. The van der Waals surface area contributed by atoms with E-state index in [1.807, 2.05) is 18.7 Å². The van der Waals surface area contributed by atoms with Gasteiger partial charge in [-0.2, -0.15) is 0 Å². The van der Waals surface area contributed by atoms with E-state index in [4.69, 9.17) is 10.8 Å². The highest BCUT2D eigenvalue weighted by molar-refractivity contribution is 5.75. The molecule has 100 valence electrons. The lowest BCUT2D eigenvalue weighted by Gasteiger charge is -2.28. The second-order valence-electron chi connectivity index (χ2n) is 4.34. The number of nitro groups is 1. The highest BCUT2D eigenvalue weighted by Crippen LogP contribution is 2.34. The smallest absolute Gasteiger partial charge is 0.315 e. The summed E-state index contributed by atoms with van der Waals surface area (Å²) in [5.41, 5.74) is 6.27. The molecule has 0 bridgehead atoms. The lowest BCUT2D eigenvalue weighted by Crippen LogP contribution is -2.32. The van der Waals surface area contributed by atoms with Crippen molar-refractivity contribution in [1.29, 1.82) is 0 Å². The SMILES string of the molecule is CC(C)N(CCCO)c1cccc(N)c1[N+](=O)[O-]. The van der Waals surface area contributed by atoms with Gasteiger partial charge in [0.1, 0.15) is 11.4 Å². The van der Waals surface area contributed by atoms with Crippen molar-refractivity contribution in [2.75, 3.05) is 23.8 Å². The number of rotatable bonds is 6. The van der Waals surface area contributed by atoms with Crippen LogP contribution in [-0.4, -0.2) is 29.2 Å². The quantitative estimate of drug-likeness (QED) is 0.458. The van der Waals surface area contributed by atoms with Crippen LogP contribution in [0.4, 0.5) is 17.1 Å². The number of para-hydroxylation sites is 1. The standard InChI is InChI=1S/C12H19N3O3/c1-9(2)14(7-4-8-16)11-6-3-5-10(13)12(11)15(17)18/h3,5-6,9,16H,4,7-8,13H2,1-2H3. The predicted molar refractivity (Wildman–Crippen MR) is 71.7 cm³/mol. The molecule has 18 heavy (non-hydrogen) atoms. The summed E-state index contributed by atoms with van der Waals surface area (Å²) in [6.07, 6.45) is 0.560. The molecule has 0 atom stereocenters. The van der Waals surface area contributed by atoms with Gasteiger partial charge in [0, 0.05) is 19.2 Å². The number of benzene rings is 1. The Morgan fingerprint density at radius 3 is 2.67 bits per heavy atom. The Morgan fingerprint density at radius 2 is 2.17 bits per heavy atom. The van der Waals surface area contributed by atoms with Gasteiger partial charge in [-0.15, -0.1) is 0 Å². The van der Waals surface area contributed by atoms with Crippen molar-refractivity contribution in [3.05, 3.63) is 28.3 Å². The normalized spacial score (nSPS) is 10.7. The van der Waals surface area contributed by atoms with Crippen LogP contribution >= 0.6 is 0 Å². The van der Waals surface area contributed by atoms with Gasteiger partial charge in [-0.25, -0.2) is 0 Å². The lowest BCUT2D eigenvalue weighted by molar-refractivity contribution is -0.383. The minimum Gasteiger partial charge on any atom is -0.396 e. The lowest BCUT2D eigenvalue weighted by atomic mass is 10.1. The van der Waals surface area contributed by atoms with Crippen molar-refractivity contribution >= 4 is 17.1 Å². The third kappa shape index (κ3) is 3.10. The van der Waals surface area contributed by atoms with Crippen LogP contribution in [0.15, 0.2) is 18.2 Å². The molecule has 1 aromatic rings. The molecule has 0 spiro atoms. The Kier molecular flexibility index (Phi) is 4.91. The van der Waals surface area contributed by atoms with E-state index in [1.165, 1.54) is 6.07 Å². The average molecular weight is 253 g/mol. The fraction of sp³-hybridized carbons (Fsp3) is 0.500. The second kappa shape index (κ2) is 6.20. The average Bonchev–Trinajstić information content (AvgIpc) is 2.28. The third-order valence-corrected chi connectivity index (χ3v) is 2.72. The summed E-state index contributed by atoms with van der Waals surface area (Å²) < 4.78 is 0. The molecule has 0 saturated heterocycles. The van der Waals surface area contributed by atoms with E-state index in [2.05, 4.69) is 0 Å². The Labute approximate surface area is 106 Å². The second-order valence-corrected chi connectivity index (χ2v) is 4.34. The van der Waals surface area contributed by atoms with Gasteiger partial charge in [0.2, 0.25) is 0 Å². The molecular weight excluding hydrogens is 234 g/mol. The summed E-state index contributed by atoms with van der Waals surface area (Å²) in [4.78, 5) is 12.5. The number of nitrogen functional groups attached to an aromatic ring is 1. The van der Waals surface area contributed by atoms with E-state index in [9.17, 15) is 10.1 Å². The zero-order chi connectivity index (χ0) is 13.7. The Bertz CT molecular complexity index is 421. The summed E-state index contributed by atoms with van der Waals surface area (Å²) in [6.45, 7) is 4.51. The fourth-order valence-electron chi connectivity index (χ4n) is 1.88. The minimum atomic E-state index is -0.459. The summed E-state index contributed by atoms with van der Waals surface area (Å²) in [7, 11) is 0. The van der Waals surface area contributed by atoms with Crippen molar-refractivity contribution in [1.82, 2.24) is 0 Å². The monoisotopic (exact) mass is 253 g/mol. The summed E-state index contributed by atoms with van der Waals surface area (Å²) in [5, 5.41) is 20.0. The Hall–Kier alpha value is -1.82. The van der Waals surface area contributed by atoms with Crippen LogP contribution in [0, 0.1) is 10.1 Å². The van der Waals surface area contributed by atoms with Gasteiger partial charge in [0.05, 0.1) is 4.92 Å². The molecular formula is C12H19N3O3. The number of hydrogen-bond donors (Lipinski definition) is 2. The van der Waals surface area contributed by atoms with Crippen molar-refractivity contribution in [2.45, 2.75) is 26.3 Å². The largest absolute Gasteiger partial charge is 0.396 e. The summed E-state index contributed by atoms with van der Waals surface area (Å²) in [6, 6.07) is 5.00. The number of aliphatic hydroxyl groups excluding tert-OH is 1. The number of anilines is 2. The van der Waals surface area contributed by atoms with Gasteiger partial charge >= 0.3 is 5.69 Å². The zero-order valence-electron chi connectivity index (χ0n) is 10.7. The summed E-state index contributed by atoms with van der Waals surface area (Å²) in [5.74, 6) is 0. The fourth-order valence-corrected chi connectivity index (χ4v) is 1.88. The molecule has 3 N–H and O–H groups in total. The number of nitro benzene ring substituents is 1. The minimum absolute atomic E-state index is 0.0549. The Morgan fingerprint density at radius 1 is 1.50 bits per heavy atom. The molecule has 1 aromatic carbocycles. The van der Waals surface area contributed by atoms with Crippen molar-refractivity contribution < 1.29 is 10.0 Å². The molecule has 6 nitrogen and oxygen atoms in total. The highest BCUT2D eigenvalue weighted by Gasteiger charge is 2.23. The molecule has 0 aliphatic heterocycles. The summed E-state index contributed by atoms with van der Waals surface area (Å²) >= 11 is 0. The molecule has 1 rings (SSSR count). The first-order chi connectivity index (χ1) is 8.49. The van der Waals surface area contributed by atoms with E-state index < -0.39 is 4.92 Å². The number of hydrogen-bond acceptors (Lipinski definition) is 5. The van der Waals surface area contributed by atoms with Crippen LogP contribution in [0.1, 0.15) is 20.3 Å². The van der Waals surface area contributed by atoms with E-state index in [-0.39, 0.29) is 24.0 Å². The first-order valence-electron chi connectivity index (χ1n) is 5.89. The molecule has 0 fully saturated rings. The molecule has 6 heteroatoms. The zero-order valence-corrected chi connectivity index (χ0v) is 10.7. The first kappa shape index (κ1) is 14.2. The van der Waals surface area contributed by atoms with Crippen LogP contribution in [0.2, 0.25) is 0 Å². The van der Waals surface area contributed by atoms with Crippen LogP contribution in [0.5, 0.6) is 0 Å². The van der Waals surface area contributed by atoms with Gasteiger partial charge in [-0.1, -0.05) is 6.07 Å².